The molecule has 0 saturated heterocycles. The highest BCUT2D eigenvalue weighted by Crippen LogP contribution is 2.24. The molecule has 19 heavy (non-hydrogen) atoms. The minimum absolute atomic E-state index is 0.119. The van der Waals surface area contributed by atoms with E-state index in [1.54, 1.807) is 23.6 Å². The molecule has 3 aromatic heterocycles. The van der Waals surface area contributed by atoms with Gasteiger partial charge >= 0.3 is 0 Å². The Hall–Kier alpha value is -1.86. The zero-order valence-corrected chi connectivity index (χ0v) is 11.3. The van der Waals surface area contributed by atoms with Gasteiger partial charge in [0.05, 0.1) is 11.7 Å². The van der Waals surface area contributed by atoms with Gasteiger partial charge in [0, 0.05) is 35.3 Å². The van der Waals surface area contributed by atoms with Crippen LogP contribution in [-0.2, 0) is 5.75 Å². The Morgan fingerprint density at radius 1 is 1.53 bits per heavy atom. The highest BCUT2D eigenvalue weighted by Gasteiger charge is 2.08. The third kappa shape index (κ3) is 2.47. The minimum atomic E-state index is -1.21. The van der Waals surface area contributed by atoms with Gasteiger partial charge in [-0.25, -0.2) is 9.97 Å². The van der Waals surface area contributed by atoms with Gasteiger partial charge in [0.2, 0.25) is 0 Å². The van der Waals surface area contributed by atoms with Crippen molar-refractivity contribution in [1.82, 2.24) is 14.4 Å². The molecule has 3 rings (SSSR count). The fraction of sp³-hybridized carbons (Fsp3) is 0.0833. The van der Waals surface area contributed by atoms with Crippen molar-refractivity contribution >= 4 is 34.0 Å². The summed E-state index contributed by atoms with van der Waals surface area (Å²) in [6, 6.07) is 3.08. The number of pyridine rings is 1. The predicted molar refractivity (Wildman–Crippen MR) is 71.2 cm³/mol. The Kier molecular flexibility index (Phi) is 3.22. The lowest BCUT2D eigenvalue weighted by Crippen LogP contribution is -2.23. The van der Waals surface area contributed by atoms with Crippen molar-refractivity contribution in [3.63, 3.8) is 0 Å². The minimum Gasteiger partial charge on any atom is -0.545 e. The summed E-state index contributed by atoms with van der Waals surface area (Å²) in [5.41, 5.74) is 1.01. The molecule has 0 bridgehead atoms. The Bertz CT molecular complexity index is 707. The average Bonchev–Trinajstić information content (AvgIpc) is 2.97. The second-order valence-corrected chi connectivity index (χ2v) is 5.59. The van der Waals surface area contributed by atoms with E-state index in [1.807, 2.05) is 22.2 Å². The lowest BCUT2D eigenvalue weighted by molar-refractivity contribution is -0.255. The number of aromatic nitrogens is 3. The second kappa shape index (κ2) is 5.02. The van der Waals surface area contributed by atoms with Crippen LogP contribution in [0.15, 0.2) is 41.1 Å². The second-order valence-electron chi connectivity index (χ2n) is 3.76. The number of carboxylic acid groups (broad SMARTS) is 1. The van der Waals surface area contributed by atoms with Crippen molar-refractivity contribution in [1.29, 1.82) is 0 Å². The molecule has 0 aliphatic rings. The van der Waals surface area contributed by atoms with E-state index in [0.29, 0.717) is 10.8 Å². The lowest BCUT2D eigenvalue weighted by atomic mass is 10.3. The number of imidazole rings is 1. The number of carboxylic acids is 1. The first kappa shape index (κ1) is 12.2. The van der Waals surface area contributed by atoms with Crippen molar-refractivity contribution in [3.8, 4) is 0 Å². The first-order chi connectivity index (χ1) is 9.24. The van der Waals surface area contributed by atoms with E-state index in [4.69, 9.17) is 0 Å². The largest absolute Gasteiger partial charge is 0.545 e. The predicted octanol–water partition coefficient (Wildman–Crippen LogP) is 1.45. The maximum atomic E-state index is 11.0. The van der Waals surface area contributed by atoms with Gasteiger partial charge in [-0.1, -0.05) is 11.8 Å². The number of fused-ring (bicyclic) bond motifs is 1. The molecule has 0 aliphatic heterocycles. The van der Waals surface area contributed by atoms with Gasteiger partial charge in [-0.05, 0) is 12.1 Å². The summed E-state index contributed by atoms with van der Waals surface area (Å²) >= 11 is 2.90. The summed E-state index contributed by atoms with van der Waals surface area (Å²) in [7, 11) is 0. The van der Waals surface area contributed by atoms with Crippen molar-refractivity contribution in [2.45, 2.75) is 10.8 Å². The monoisotopic (exact) mass is 290 g/mol. The molecule has 5 nitrogen and oxygen atoms in total. The quantitative estimate of drug-likeness (QED) is 0.680. The average molecular weight is 290 g/mol. The molecular weight excluding hydrogens is 282 g/mol. The number of carbonyl (C=O) groups excluding carboxylic acids is 1. The van der Waals surface area contributed by atoms with Gasteiger partial charge in [-0.3, -0.25) is 4.40 Å². The Balaban J connectivity index is 1.79. The van der Waals surface area contributed by atoms with Crippen LogP contribution in [0.3, 0.4) is 0 Å². The number of hydrogen-bond acceptors (Lipinski definition) is 6. The Morgan fingerprint density at radius 3 is 3.21 bits per heavy atom. The van der Waals surface area contributed by atoms with Crippen LogP contribution in [0.2, 0.25) is 0 Å². The van der Waals surface area contributed by atoms with E-state index >= 15 is 0 Å². The fourth-order valence-corrected chi connectivity index (χ4v) is 3.23. The van der Waals surface area contributed by atoms with Crippen LogP contribution >= 0.6 is 23.1 Å². The normalized spacial score (nSPS) is 10.9. The van der Waals surface area contributed by atoms with Crippen LogP contribution in [-0.4, -0.2) is 20.3 Å². The standard InChI is InChI=1S/C12H9N3O2S2/c16-11(17)9-2-1-3-13-10(9)19-7-8-6-15-4-5-18-12(15)14-8/h1-6H,7H2,(H,16,17)/p-1. The van der Waals surface area contributed by atoms with Crippen LogP contribution in [0.1, 0.15) is 16.1 Å². The van der Waals surface area contributed by atoms with E-state index < -0.39 is 5.97 Å². The van der Waals surface area contributed by atoms with E-state index in [-0.39, 0.29) is 5.56 Å². The van der Waals surface area contributed by atoms with Crippen LogP contribution in [0.4, 0.5) is 0 Å². The summed E-state index contributed by atoms with van der Waals surface area (Å²) in [4.78, 5) is 20.4. The molecule has 7 heteroatoms. The number of carbonyl (C=O) groups is 1. The van der Waals surface area contributed by atoms with E-state index in [2.05, 4.69) is 9.97 Å². The molecule has 0 spiro atoms. The highest BCUT2D eigenvalue weighted by molar-refractivity contribution is 7.98. The number of thiazole rings is 1. The van der Waals surface area contributed by atoms with Crippen molar-refractivity contribution in [2.75, 3.05) is 0 Å². The van der Waals surface area contributed by atoms with Crippen LogP contribution in [0, 0.1) is 0 Å². The number of rotatable bonds is 4. The molecule has 0 aromatic carbocycles. The summed E-state index contributed by atoms with van der Waals surface area (Å²) in [5, 5.41) is 13.4. The fourth-order valence-electron chi connectivity index (χ4n) is 1.65. The number of thioether (sulfide) groups is 1. The molecule has 0 fully saturated rings. The smallest absolute Gasteiger partial charge is 0.193 e. The summed E-state index contributed by atoms with van der Waals surface area (Å²) in [6.07, 6.45) is 5.44. The van der Waals surface area contributed by atoms with Crippen LogP contribution in [0.5, 0.6) is 0 Å². The van der Waals surface area contributed by atoms with E-state index in [9.17, 15) is 9.90 Å². The Labute approximate surface area is 116 Å². The molecule has 0 saturated carbocycles. The van der Waals surface area contributed by atoms with E-state index in [1.165, 1.54) is 17.8 Å². The Morgan fingerprint density at radius 2 is 2.42 bits per heavy atom. The molecular formula is C12H8N3O2S2-. The van der Waals surface area contributed by atoms with Gasteiger partial charge < -0.3 is 9.90 Å². The number of hydrogen-bond donors (Lipinski definition) is 0. The van der Waals surface area contributed by atoms with Crippen molar-refractivity contribution in [2.24, 2.45) is 0 Å². The number of aromatic carboxylic acids is 1. The van der Waals surface area contributed by atoms with Crippen LogP contribution < -0.4 is 5.11 Å². The molecule has 0 aliphatic carbocycles. The van der Waals surface area contributed by atoms with Gasteiger partial charge in [0.15, 0.2) is 4.96 Å². The maximum absolute atomic E-state index is 11.0. The van der Waals surface area contributed by atoms with Gasteiger partial charge in [0.1, 0.15) is 5.03 Å². The molecule has 0 unspecified atom stereocenters. The third-order valence-electron chi connectivity index (χ3n) is 2.49. The summed E-state index contributed by atoms with van der Waals surface area (Å²) < 4.78 is 1.94. The summed E-state index contributed by atoms with van der Waals surface area (Å²) in [6.45, 7) is 0. The van der Waals surface area contributed by atoms with Crippen LogP contribution in [0.25, 0.3) is 4.96 Å². The topological polar surface area (TPSA) is 70.3 Å². The summed E-state index contributed by atoms with van der Waals surface area (Å²) in [5.74, 6) is -0.632. The SMILES string of the molecule is O=C([O-])c1cccnc1SCc1cn2ccsc2n1. The zero-order chi connectivity index (χ0) is 13.2. The number of nitrogens with zero attached hydrogens (tertiary/aromatic N) is 3. The molecule has 3 aromatic rings. The molecule has 0 radical (unpaired) electrons. The molecule has 0 atom stereocenters. The first-order valence-electron chi connectivity index (χ1n) is 5.44. The van der Waals surface area contributed by atoms with Gasteiger partial charge in [-0.15, -0.1) is 11.3 Å². The third-order valence-corrected chi connectivity index (χ3v) is 4.30. The van der Waals surface area contributed by atoms with Gasteiger partial charge in [-0.2, -0.15) is 0 Å². The molecule has 0 N–H and O–H groups in total. The van der Waals surface area contributed by atoms with E-state index in [0.717, 1.165) is 10.7 Å². The zero-order valence-electron chi connectivity index (χ0n) is 9.65. The van der Waals surface area contributed by atoms with Crippen molar-refractivity contribution < 1.29 is 9.90 Å². The highest BCUT2D eigenvalue weighted by atomic mass is 32.2. The van der Waals surface area contributed by atoms with Gasteiger partial charge in [0.25, 0.3) is 0 Å². The molecule has 3 heterocycles. The molecule has 0 amide bonds. The van der Waals surface area contributed by atoms with Crippen molar-refractivity contribution in [3.05, 3.63) is 47.4 Å². The maximum Gasteiger partial charge on any atom is 0.193 e. The molecule has 96 valence electrons. The first-order valence-corrected chi connectivity index (χ1v) is 7.31. The lowest BCUT2D eigenvalue weighted by Gasteiger charge is -2.07.